The number of likely N-dealkylation sites (tertiary alicyclic amines) is 1. The standard InChI is InChI=1S/C19H29N5O4/c25-17-12-28-15(7-20-18(26)16-8-21-19(27)22-16)11-24(17)10-14-3-5-23(6-4-14)9-13-1-2-13/h8,13-15H,1-7,9-12H2,(H,20,26)(H2,21,22,27). The maximum Gasteiger partial charge on any atom is 0.323 e. The fourth-order valence-electron chi connectivity index (χ4n) is 4.07. The number of amides is 2. The van der Waals surface area contributed by atoms with E-state index in [4.69, 9.17) is 4.74 Å². The average Bonchev–Trinajstić information content (AvgIpc) is 3.40. The quantitative estimate of drug-likeness (QED) is 0.595. The van der Waals surface area contributed by atoms with Crippen molar-refractivity contribution in [2.75, 3.05) is 45.9 Å². The lowest BCUT2D eigenvalue weighted by molar-refractivity contribution is -0.149. The molecule has 2 saturated heterocycles. The van der Waals surface area contributed by atoms with E-state index in [2.05, 4.69) is 20.2 Å². The van der Waals surface area contributed by atoms with Crippen LogP contribution in [0.4, 0.5) is 0 Å². The highest BCUT2D eigenvalue weighted by molar-refractivity contribution is 5.91. The van der Waals surface area contributed by atoms with Gasteiger partial charge < -0.3 is 29.8 Å². The van der Waals surface area contributed by atoms with Gasteiger partial charge in [-0.2, -0.15) is 0 Å². The van der Waals surface area contributed by atoms with Gasteiger partial charge in [-0.3, -0.25) is 9.59 Å². The van der Waals surface area contributed by atoms with Crippen LogP contribution in [-0.4, -0.2) is 83.6 Å². The van der Waals surface area contributed by atoms with Gasteiger partial charge >= 0.3 is 5.69 Å². The number of rotatable bonds is 7. The summed E-state index contributed by atoms with van der Waals surface area (Å²) < 4.78 is 5.57. The molecule has 154 valence electrons. The van der Waals surface area contributed by atoms with Crippen LogP contribution in [0.1, 0.15) is 36.2 Å². The Morgan fingerprint density at radius 3 is 2.57 bits per heavy atom. The Bertz CT molecular complexity index is 748. The van der Waals surface area contributed by atoms with E-state index in [1.54, 1.807) is 0 Å². The molecule has 1 aliphatic carbocycles. The summed E-state index contributed by atoms with van der Waals surface area (Å²) in [6.07, 6.45) is 6.16. The van der Waals surface area contributed by atoms with Gasteiger partial charge in [-0.25, -0.2) is 4.79 Å². The van der Waals surface area contributed by atoms with Crippen molar-refractivity contribution in [3.05, 3.63) is 22.4 Å². The van der Waals surface area contributed by atoms with Gasteiger partial charge in [-0.05, 0) is 50.6 Å². The lowest BCUT2D eigenvalue weighted by atomic mass is 9.95. The molecular weight excluding hydrogens is 362 g/mol. The largest absolute Gasteiger partial charge is 0.365 e. The number of aromatic nitrogens is 2. The number of nitrogens with one attached hydrogen (secondary N) is 3. The highest BCUT2D eigenvalue weighted by Gasteiger charge is 2.31. The summed E-state index contributed by atoms with van der Waals surface area (Å²) in [5.74, 6) is 1.13. The fraction of sp³-hybridized carbons (Fsp3) is 0.737. The molecule has 1 aromatic rings. The lowest BCUT2D eigenvalue weighted by Crippen LogP contribution is -2.52. The van der Waals surface area contributed by atoms with Crippen LogP contribution in [0.3, 0.4) is 0 Å². The number of H-pyrrole nitrogens is 2. The monoisotopic (exact) mass is 391 g/mol. The Labute approximate surface area is 163 Å². The van der Waals surface area contributed by atoms with Crippen molar-refractivity contribution >= 4 is 11.8 Å². The number of piperidine rings is 1. The normalized spacial score (nSPS) is 24.5. The third kappa shape index (κ3) is 5.02. The first-order chi connectivity index (χ1) is 13.6. The molecule has 0 bridgehead atoms. The van der Waals surface area contributed by atoms with Crippen molar-refractivity contribution < 1.29 is 14.3 Å². The Kier molecular flexibility index (Phi) is 5.82. The van der Waals surface area contributed by atoms with Crippen LogP contribution in [0.5, 0.6) is 0 Å². The zero-order valence-electron chi connectivity index (χ0n) is 16.1. The second kappa shape index (κ2) is 8.48. The number of imidazole rings is 1. The van der Waals surface area contributed by atoms with Gasteiger partial charge in [-0.15, -0.1) is 0 Å². The van der Waals surface area contributed by atoms with Gasteiger partial charge in [0.25, 0.3) is 5.91 Å². The van der Waals surface area contributed by atoms with Crippen molar-refractivity contribution in [2.24, 2.45) is 11.8 Å². The minimum absolute atomic E-state index is 0.0259. The Morgan fingerprint density at radius 1 is 1.14 bits per heavy atom. The van der Waals surface area contributed by atoms with Crippen LogP contribution in [-0.2, 0) is 9.53 Å². The summed E-state index contributed by atoms with van der Waals surface area (Å²) >= 11 is 0. The minimum Gasteiger partial charge on any atom is -0.365 e. The topological polar surface area (TPSA) is 111 Å². The van der Waals surface area contributed by atoms with E-state index in [-0.39, 0.29) is 30.2 Å². The zero-order chi connectivity index (χ0) is 19.5. The molecule has 3 heterocycles. The van der Waals surface area contributed by atoms with Crippen LogP contribution < -0.4 is 11.0 Å². The number of ether oxygens (including phenoxy) is 1. The Hall–Kier alpha value is -2.13. The smallest absolute Gasteiger partial charge is 0.323 e. The van der Waals surface area contributed by atoms with Gasteiger partial charge in [0.15, 0.2) is 0 Å². The molecule has 1 aromatic heterocycles. The summed E-state index contributed by atoms with van der Waals surface area (Å²) in [5.41, 5.74) is -0.231. The molecule has 0 radical (unpaired) electrons. The number of hydrogen-bond acceptors (Lipinski definition) is 5. The summed E-state index contributed by atoms with van der Waals surface area (Å²) in [6.45, 7) is 5.14. The molecule has 1 unspecified atom stereocenters. The van der Waals surface area contributed by atoms with Crippen LogP contribution >= 0.6 is 0 Å². The van der Waals surface area contributed by atoms with Gasteiger partial charge in [0.2, 0.25) is 5.91 Å². The number of carbonyl (C=O) groups excluding carboxylic acids is 2. The van der Waals surface area contributed by atoms with Crippen molar-refractivity contribution in [1.82, 2.24) is 25.1 Å². The molecular formula is C19H29N5O4. The van der Waals surface area contributed by atoms with E-state index in [1.165, 1.54) is 25.6 Å². The van der Waals surface area contributed by atoms with Gasteiger partial charge in [0.1, 0.15) is 12.3 Å². The Balaban J connectivity index is 1.21. The third-order valence-corrected chi connectivity index (χ3v) is 5.95. The van der Waals surface area contributed by atoms with Crippen LogP contribution in [0.2, 0.25) is 0 Å². The van der Waals surface area contributed by atoms with E-state index in [1.807, 2.05) is 4.90 Å². The van der Waals surface area contributed by atoms with Gasteiger partial charge in [0.05, 0.1) is 6.10 Å². The summed E-state index contributed by atoms with van der Waals surface area (Å²) in [4.78, 5) is 44.6. The number of aromatic amines is 2. The molecule has 2 amide bonds. The van der Waals surface area contributed by atoms with E-state index < -0.39 is 5.69 Å². The molecule has 0 spiro atoms. The van der Waals surface area contributed by atoms with E-state index >= 15 is 0 Å². The average molecular weight is 391 g/mol. The van der Waals surface area contributed by atoms with Crippen LogP contribution in [0, 0.1) is 11.8 Å². The van der Waals surface area contributed by atoms with Crippen molar-refractivity contribution in [3.8, 4) is 0 Å². The maximum atomic E-state index is 12.3. The number of morpholine rings is 1. The number of nitrogens with zero attached hydrogens (tertiary/aromatic N) is 2. The molecule has 1 saturated carbocycles. The molecule has 0 aromatic carbocycles. The van der Waals surface area contributed by atoms with E-state index in [9.17, 15) is 14.4 Å². The summed E-state index contributed by atoms with van der Waals surface area (Å²) in [7, 11) is 0. The number of hydrogen-bond donors (Lipinski definition) is 3. The number of carbonyl (C=O) groups is 2. The van der Waals surface area contributed by atoms with Crippen molar-refractivity contribution in [3.63, 3.8) is 0 Å². The fourth-order valence-corrected chi connectivity index (χ4v) is 4.07. The third-order valence-electron chi connectivity index (χ3n) is 5.95. The molecule has 28 heavy (non-hydrogen) atoms. The molecule has 3 aliphatic rings. The molecule has 3 fully saturated rings. The van der Waals surface area contributed by atoms with Crippen LogP contribution in [0.25, 0.3) is 0 Å². The van der Waals surface area contributed by atoms with E-state index in [0.29, 0.717) is 19.0 Å². The Morgan fingerprint density at radius 2 is 1.89 bits per heavy atom. The predicted molar refractivity (Wildman–Crippen MR) is 102 cm³/mol. The summed E-state index contributed by atoms with van der Waals surface area (Å²) in [5, 5.41) is 2.75. The van der Waals surface area contributed by atoms with Crippen LogP contribution in [0.15, 0.2) is 11.0 Å². The molecule has 2 aliphatic heterocycles. The zero-order valence-corrected chi connectivity index (χ0v) is 16.1. The van der Waals surface area contributed by atoms with Crippen molar-refractivity contribution in [1.29, 1.82) is 0 Å². The lowest BCUT2D eigenvalue weighted by Gasteiger charge is -2.38. The molecule has 3 N–H and O–H groups in total. The predicted octanol–water partition coefficient (Wildman–Crippen LogP) is -0.218. The molecule has 9 heteroatoms. The molecule has 4 rings (SSSR count). The second-order valence-electron chi connectivity index (χ2n) is 8.29. The second-order valence-corrected chi connectivity index (χ2v) is 8.29. The maximum absolute atomic E-state index is 12.3. The highest BCUT2D eigenvalue weighted by Crippen LogP contribution is 2.31. The first kappa shape index (κ1) is 19.2. The highest BCUT2D eigenvalue weighted by atomic mass is 16.5. The van der Waals surface area contributed by atoms with E-state index in [0.717, 1.165) is 38.4 Å². The summed E-state index contributed by atoms with van der Waals surface area (Å²) in [6, 6.07) is 0. The van der Waals surface area contributed by atoms with Crippen molar-refractivity contribution in [2.45, 2.75) is 31.8 Å². The first-order valence-corrected chi connectivity index (χ1v) is 10.2. The molecule has 9 nitrogen and oxygen atoms in total. The van der Waals surface area contributed by atoms with Gasteiger partial charge in [-0.1, -0.05) is 0 Å². The van der Waals surface area contributed by atoms with Gasteiger partial charge in [0, 0.05) is 32.4 Å². The molecule has 1 atom stereocenters. The SMILES string of the molecule is O=C(NCC1CN(CC2CCN(CC3CC3)CC2)C(=O)CO1)c1c[nH]c(=O)[nH]1. The minimum atomic E-state index is -0.418. The first-order valence-electron chi connectivity index (χ1n) is 10.2.